The molecule has 0 spiro atoms. The smallest absolute Gasteiger partial charge is 0.259 e. The molecule has 6 heteroatoms. The molecule has 1 aliphatic rings. The number of nitrogens with two attached hydrogens (primary N) is 1. The monoisotopic (exact) mass is 273 g/mol. The van der Waals surface area contributed by atoms with Crippen LogP contribution >= 0.6 is 0 Å². The van der Waals surface area contributed by atoms with Crippen LogP contribution in [0.1, 0.15) is 11.3 Å². The first-order chi connectivity index (χ1) is 9.60. The van der Waals surface area contributed by atoms with Gasteiger partial charge in [-0.1, -0.05) is 12.1 Å². The molecule has 1 amide bonds. The van der Waals surface area contributed by atoms with Crippen LogP contribution in [-0.2, 0) is 16.8 Å². The largest absolute Gasteiger partial charge is 0.469 e. The van der Waals surface area contributed by atoms with Crippen molar-refractivity contribution in [3.63, 3.8) is 0 Å². The van der Waals surface area contributed by atoms with Gasteiger partial charge in [-0.2, -0.15) is 0 Å². The van der Waals surface area contributed by atoms with Crippen molar-refractivity contribution in [2.45, 2.75) is 12.0 Å². The number of hydrogen-bond acceptors (Lipinski definition) is 4. The average Bonchev–Trinajstić information content (AvgIpc) is 3.00. The number of benzene rings is 1. The van der Waals surface area contributed by atoms with Gasteiger partial charge in [-0.3, -0.25) is 10.1 Å². The van der Waals surface area contributed by atoms with E-state index in [9.17, 15) is 9.18 Å². The van der Waals surface area contributed by atoms with Gasteiger partial charge in [0.25, 0.3) is 5.91 Å². The van der Waals surface area contributed by atoms with Gasteiger partial charge in [0.15, 0.2) is 11.5 Å². The summed E-state index contributed by atoms with van der Waals surface area (Å²) in [6, 6.07) is 9.11. The number of halogens is 1. The summed E-state index contributed by atoms with van der Waals surface area (Å²) in [7, 11) is 0. The van der Waals surface area contributed by atoms with Gasteiger partial charge in [0, 0.05) is 6.42 Å². The molecule has 1 aromatic carbocycles. The maximum absolute atomic E-state index is 13.1. The molecule has 2 aromatic rings. The van der Waals surface area contributed by atoms with Crippen molar-refractivity contribution in [2.24, 2.45) is 10.7 Å². The zero-order valence-corrected chi connectivity index (χ0v) is 10.5. The van der Waals surface area contributed by atoms with Crippen molar-refractivity contribution in [1.82, 2.24) is 5.32 Å². The van der Waals surface area contributed by atoms with Crippen molar-refractivity contribution in [2.75, 3.05) is 0 Å². The van der Waals surface area contributed by atoms with Crippen LogP contribution in [0.3, 0.4) is 0 Å². The van der Waals surface area contributed by atoms with Crippen LogP contribution in [0.25, 0.3) is 0 Å². The molecule has 0 saturated carbocycles. The standard InChI is InChI=1S/C14H12FN3O2/c15-10-5-3-9(4-6-10)14(8-11-2-1-7-20-11)12(19)17-13(16)18-14/h1-7H,8H2,(H3,16,17,18,19)/t14-/m0/s1. The summed E-state index contributed by atoms with van der Waals surface area (Å²) in [6.07, 6.45) is 1.74. The molecule has 3 N–H and O–H groups in total. The summed E-state index contributed by atoms with van der Waals surface area (Å²) in [5, 5.41) is 2.49. The van der Waals surface area contributed by atoms with Crippen molar-refractivity contribution in [1.29, 1.82) is 0 Å². The van der Waals surface area contributed by atoms with E-state index in [4.69, 9.17) is 10.2 Å². The Bertz CT molecular complexity index is 664. The molecule has 1 aromatic heterocycles. The Labute approximate surface area is 114 Å². The number of guanidine groups is 1. The molecule has 5 nitrogen and oxygen atoms in total. The van der Waals surface area contributed by atoms with Crippen LogP contribution in [0.2, 0.25) is 0 Å². The van der Waals surface area contributed by atoms with Gasteiger partial charge in [-0.05, 0) is 29.8 Å². The number of nitrogens with one attached hydrogen (secondary N) is 1. The second-order valence-electron chi connectivity index (χ2n) is 4.57. The van der Waals surface area contributed by atoms with E-state index in [1.165, 1.54) is 30.5 Å². The third kappa shape index (κ3) is 1.95. The molecule has 102 valence electrons. The van der Waals surface area contributed by atoms with E-state index >= 15 is 0 Å². The summed E-state index contributed by atoms with van der Waals surface area (Å²) in [4.78, 5) is 16.5. The molecule has 0 fully saturated rings. The lowest BCUT2D eigenvalue weighted by molar-refractivity contribution is -0.124. The van der Waals surface area contributed by atoms with Crippen LogP contribution in [0, 0.1) is 5.82 Å². The highest BCUT2D eigenvalue weighted by molar-refractivity contribution is 6.07. The average molecular weight is 273 g/mol. The van der Waals surface area contributed by atoms with Crippen LogP contribution < -0.4 is 11.1 Å². The molecular formula is C14H12FN3O2. The van der Waals surface area contributed by atoms with Gasteiger partial charge in [0.1, 0.15) is 11.6 Å². The fraction of sp³-hybridized carbons (Fsp3) is 0.143. The predicted octanol–water partition coefficient (Wildman–Crippen LogP) is 1.30. The molecule has 1 atom stereocenters. The molecule has 0 radical (unpaired) electrons. The van der Waals surface area contributed by atoms with Gasteiger partial charge in [-0.25, -0.2) is 9.38 Å². The molecular weight excluding hydrogens is 261 g/mol. The third-order valence-corrected chi connectivity index (χ3v) is 3.26. The molecule has 0 saturated heterocycles. The van der Waals surface area contributed by atoms with E-state index in [0.29, 0.717) is 11.3 Å². The first-order valence-electron chi connectivity index (χ1n) is 6.05. The van der Waals surface area contributed by atoms with E-state index < -0.39 is 5.54 Å². The number of rotatable bonds is 3. The van der Waals surface area contributed by atoms with Gasteiger partial charge >= 0.3 is 0 Å². The molecule has 0 bridgehead atoms. The topological polar surface area (TPSA) is 80.6 Å². The van der Waals surface area contributed by atoms with Crippen LogP contribution in [0.5, 0.6) is 0 Å². The number of aliphatic imine (C=N–C) groups is 1. The lowest BCUT2D eigenvalue weighted by atomic mass is 9.86. The summed E-state index contributed by atoms with van der Waals surface area (Å²) < 4.78 is 18.4. The minimum Gasteiger partial charge on any atom is -0.469 e. The van der Waals surface area contributed by atoms with Crippen LogP contribution in [0.4, 0.5) is 4.39 Å². The Hall–Kier alpha value is -2.63. The summed E-state index contributed by atoms with van der Waals surface area (Å²) in [5.74, 6) is -0.0796. The highest BCUT2D eigenvalue weighted by Gasteiger charge is 2.45. The number of hydrogen-bond donors (Lipinski definition) is 2. The predicted molar refractivity (Wildman–Crippen MR) is 70.3 cm³/mol. The zero-order valence-electron chi connectivity index (χ0n) is 10.5. The van der Waals surface area contributed by atoms with E-state index in [1.807, 2.05) is 0 Å². The zero-order chi connectivity index (χ0) is 14.2. The number of furan rings is 1. The highest BCUT2D eigenvalue weighted by Crippen LogP contribution is 2.33. The van der Waals surface area contributed by atoms with Crippen LogP contribution in [-0.4, -0.2) is 11.9 Å². The van der Waals surface area contributed by atoms with E-state index in [-0.39, 0.29) is 24.1 Å². The number of carbonyl (C=O) groups excluding carboxylic acids is 1. The summed E-state index contributed by atoms with van der Waals surface area (Å²) >= 11 is 0. The summed E-state index contributed by atoms with van der Waals surface area (Å²) in [5.41, 5.74) is 4.96. The second-order valence-corrected chi connectivity index (χ2v) is 4.57. The third-order valence-electron chi connectivity index (χ3n) is 3.26. The van der Waals surface area contributed by atoms with Crippen molar-refractivity contribution in [3.05, 3.63) is 59.8 Å². The first kappa shape index (κ1) is 12.4. The highest BCUT2D eigenvalue weighted by atomic mass is 19.1. The number of amides is 1. The maximum atomic E-state index is 13.1. The molecule has 0 aliphatic carbocycles. The van der Waals surface area contributed by atoms with Crippen molar-refractivity contribution in [3.8, 4) is 0 Å². The Morgan fingerprint density at radius 1 is 1.30 bits per heavy atom. The lowest BCUT2D eigenvalue weighted by Gasteiger charge is -2.22. The molecule has 3 rings (SSSR count). The van der Waals surface area contributed by atoms with E-state index in [1.54, 1.807) is 12.1 Å². The minimum absolute atomic E-state index is 0.0471. The Kier molecular flexibility index (Phi) is 2.78. The Morgan fingerprint density at radius 3 is 2.60 bits per heavy atom. The molecule has 2 heterocycles. The van der Waals surface area contributed by atoms with Crippen molar-refractivity contribution >= 4 is 11.9 Å². The normalized spacial score (nSPS) is 21.6. The van der Waals surface area contributed by atoms with E-state index in [2.05, 4.69) is 10.3 Å². The van der Waals surface area contributed by atoms with Gasteiger partial charge in [-0.15, -0.1) is 0 Å². The molecule has 20 heavy (non-hydrogen) atoms. The molecule has 0 unspecified atom stereocenters. The van der Waals surface area contributed by atoms with E-state index in [0.717, 1.165) is 0 Å². The number of nitrogens with zero attached hydrogens (tertiary/aromatic N) is 1. The van der Waals surface area contributed by atoms with Gasteiger partial charge in [0.05, 0.1) is 6.26 Å². The lowest BCUT2D eigenvalue weighted by Crippen LogP contribution is -2.40. The van der Waals surface area contributed by atoms with Crippen LogP contribution in [0.15, 0.2) is 52.1 Å². The summed E-state index contributed by atoms with van der Waals surface area (Å²) in [6.45, 7) is 0. The first-order valence-corrected chi connectivity index (χ1v) is 6.05. The van der Waals surface area contributed by atoms with Crippen molar-refractivity contribution < 1.29 is 13.6 Å². The van der Waals surface area contributed by atoms with Gasteiger partial charge < -0.3 is 10.2 Å². The fourth-order valence-electron chi connectivity index (χ4n) is 2.31. The fourth-order valence-corrected chi connectivity index (χ4v) is 2.31. The Morgan fingerprint density at radius 2 is 2.05 bits per heavy atom. The van der Waals surface area contributed by atoms with Gasteiger partial charge in [0.2, 0.25) is 0 Å². The second kappa shape index (κ2) is 4.48. The minimum atomic E-state index is -1.21. The Balaban J connectivity index is 2.08. The molecule has 1 aliphatic heterocycles. The SMILES string of the molecule is NC1=N[C@@](Cc2ccco2)(c2ccc(F)cc2)C(=O)N1. The number of carbonyl (C=O) groups is 1. The maximum Gasteiger partial charge on any atom is 0.259 e. The quantitative estimate of drug-likeness (QED) is 0.884.